The fraction of sp³-hybridized carbons (Fsp3) is 0.300. The molecule has 1 fully saturated rings. The Morgan fingerprint density at radius 2 is 1.83 bits per heavy atom. The summed E-state index contributed by atoms with van der Waals surface area (Å²) in [4.78, 5) is 24.4. The van der Waals surface area contributed by atoms with E-state index in [9.17, 15) is 18.4 Å². The van der Waals surface area contributed by atoms with Crippen LogP contribution in [-0.2, 0) is 16.0 Å². The van der Waals surface area contributed by atoms with E-state index in [1.165, 1.54) is 36.0 Å². The van der Waals surface area contributed by atoms with Gasteiger partial charge in [-0.1, -0.05) is 29.8 Å². The van der Waals surface area contributed by atoms with E-state index in [0.717, 1.165) is 11.1 Å². The Kier molecular flexibility index (Phi) is 7.61. The molecule has 0 bridgehead atoms. The summed E-state index contributed by atoms with van der Waals surface area (Å²) in [6.07, 6.45) is 0.544. The average molecular weight is 436 g/mol. The van der Waals surface area contributed by atoms with Crippen molar-refractivity contribution in [3.05, 3.63) is 59.7 Å². The topological polar surface area (TPSA) is 91.5 Å². The highest BCUT2D eigenvalue weighted by atomic mass is 32.2. The van der Waals surface area contributed by atoms with Gasteiger partial charge in [-0.25, -0.2) is 10.9 Å². The maximum absolute atomic E-state index is 12.3. The smallest absolute Gasteiger partial charge is 0.387 e. The van der Waals surface area contributed by atoms with E-state index in [-0.39, 0.29) is 23.3 Å². The molecule has 1 saturated heterocycles. The van der Waals surface area contributed by atoms with Gasteiger partial charge in [-0.15, -0.1) is 11.8 Å². The van der Waals surface area contributed by atoms with E-state index in [0.29, 0.717) is 12.1 Å². The lowest BCUT2D eigenvalue weighted by atomic mass is 10.0. The third-order valence-electron chi connectivity index (χ3n) is 4.28. The maximum atomic E-state index is 12.3. The molecular formula is C20H22F2N4O3S. The Labute approximate surface area is 176 Å². The minimum atomic E-state index is -2.90. The predicted octanol–water partition coefficient (Wildman–Crippen LogP) is 2.39. The number of benzene rings is 2. The van der Waals surface area contributed by atoms with Crippen molar-refractivity contribution in [2.24, 2.45) is 0 Å². The van der Waals surface area contributed by atoms with Crippen LogP contribution in [0, 0.1) is 6.92 Å². The molecule has 10 heteroatoms. The van der Waals surface area contributed by atoms with E-state index < -0.39 is 18.2 Å². The number of alkyl halides is 2. The predicted molar refractivity (Wildman–Crippen MR) is 111 cm³/mol. The van der Waals surface area contributed by atoms with Crippen LogP contribution in [-0.4, -0.2) is 35.7 Å². The van der Waals surface area contributed by atoms with Crippen LogP contribution in [0.5, 0.6) is 5.75 Å². The number of anilines is 1. The molecule has 2 aromatic carbocycles. The summed E-state index contributed by atoms with van der Waals surface area (Å²) in [7, 11) is 0. The van der Waals surface area contributed by atoms with Crippen molar-refractivity contribution in [1.29, 1.82) is 0 Å². The lowest BCUT2D eigenvalue weighted by Gasteiger charge is -2.31. The molecular weight excluding hydrogens is 414 g/mol. The van der Waals surface area contributed by atoms with Crippen LogP contribution in [0.1, 0.15) is 11.1 Å². The first kappa shape index (κ1) is 22.0. The van der Waals surface area contributed by atoms with Gasteiger partial charge in [0.05, 0.1) is 5.75 Å². The Morgan fingerprint density at radius 1 is 1.13 bits per heavy atom. The molecule has 3 rings (SSSR count). The van der Waals surface area contributed by atoms with Gasteiger partial charge >= 0.3 is 6.61 Å². The number of thioether (sulfide) groups is 1. The molecule has 1 heterocycles. The number of halogens is 2. The number of amides is 2. The first-order valence-corrected chi connectivity index (χ1v) is 10.3. The highest BCUT2D eigenvalue weighted by molar-refractivity contribution is 8.00. The first-order valence-electron chi connectivity index (χ1n) is 9.22. The van der Waals surface area contributed by atoms with Gasteiger partial charge in [-0.05, 0) is 43.2 Å². The Bertz CT molecular complexity index is 865. The Morgan fingerprint density at radius 3 is 2.47 bits per heavy atom. The van der Waals surface area contributed by atoms with Crippen LogP contribution in [0.2, 0.25) is 0 Å². The van der Waals surface area contributed by atoms with Gasteiger partial charge in [0.15, 0.2) is 0 Å². The van der Waals surface area contributed by atoms with E-state index in [2.05, 4.69) is 26.2 Å². The van der Waals surface area contributed by atoms with Crippen LogP contribution in [0.4, 0.5) is 14.5 Å². The molecule has 1 aliphatic rings. The number of carbonyl (C=O) groups excluding carboxylic acids is 2. The van der Waals surface area contributed by atoms with Gasteiger partial charge in [-0.3, -0.25) is 9.59 Å². The summed E-state index contributed by atoms with van der Waals surface area (Å²) >= 11 is 1.21. The van der Waals surface area contributed by atoms with Crippen molar-refractivity contribution in [3.63, 3.8) is 0 Å². The molecule has 0 saturated carbocycles. The summed E-state index contributed by atoms with van der Waals surface area (Å²) < 4.78 is 28.6. The van der Waals surface area contributed by atoms with Crippen molar-refractivity contribution in [2.45, 2.75) is 31.5 Å². The number of hydrazine groups is 1. The summed E-state index contributed by atoms with van der Waals surface area (Å²) in [5.41, 5.74) is 8.18. The third-order valence-corrected chi connectivity index (χ3v) is 5.28. The Hall–Kier alpha value is -2.69. The molecule has 0 aromatic heterocycles. The second-order valence-corrected chi connectivity index (χ2v) is 7.78. The highest BCUT2D eigenvalue weighted by Gasteiger charge is 2.27. The molecule has 0 aliphatic carbocycles. The third kappa shape index (κ3) is 6.68. The molecule has 2 atom stereocenters. The zero-order valence-electron chi connectivity index (χ0n) is 16.2. The van der Waals surface area contributed by atoms with Crippen LogP contribution in [0.25, 0.3) is 0 Å². The number of ether oxygens (including phenoxy) is 1. The van der Waals surface area contributed by atoms with Crippen molar-refractivity contribution in [3.8, 4) is 5.75 Å². The lowest BCUT2D eigenvalue weighted by molar-refractivity contribution is -0.125. The number of hydrogen-bond donors (Lipinski definition) is 4. The van der Waals surface area contributed by atoms with Crippen LogP contribution in [0.3, 0.4) is 0 Å². The zero-order valence-corrected chi connectivity index (χ0v) is 17.0. The molecule has 7 nitrogen and oxygen atoms in total. The van der Waals surface area contributed by atoms with Gasteiger partial charge in [-0.2, -0.15) is 8.78 Å². The summed E-state index contributed by atoms with van der Waals surface area (Å²) in [5, 5.41) is 5.48. The van der Waals surface area contributed by atoms with Crippen LogP contribution >= 0.6 is 11.8 Å². The zero-order chi connectivity index (χ0) is 21.5. The van der Waals surface area contributed by atoms with Crippen molar-refractivity contribution in [1.82, 2.24) is 16.2 Å². The minimum absolute atomic E-state index is 0.0118. The maximum Gasteiger partial charge on any atom is 0.387 e. The SMILES string of the molecule is Cc1ccc(CC2NNC(SCC(=O)Nc3ccc(OC(F)F)cc3)NC2=O)cc1. The standard InChI is InChI=1S/C20H22F2N4O3S/c1-12-2-4-13(5-3-12)10-16-18(28)24-20(26-25-16)30-11-17(27)23-14-6-8-15(9-7-14)29-19(21)22/h2-9,16,19-20,25-26H,10-11H2,1H3,(H,23,27)(H,24,28). The van der Waals surface area contributed by atoms with E-state index in [1.807, 2.05) is 31.2 Å². The quantitative estimate of drug-likeness (QED) is 0.508. The summed E-state index contributed by atoms with van der Waals surface area (Å²) in [6.45, 7) is -0.892. The molecule has 0 spiro atoms. The number of nitrogens with one attached hydrogen (secondary N) is 4. The van der Waals surface area contributed by atoms with Gasteiger partial charge < -0.3 is 15.4 Å². The van der Waals surface area contributed by atoms with Gasteiger partial charge in [0.2, 0.25) is 11.8 Å². The van der Waals surface area contributed by atoms with Crippen LogP contribution in [0.15, 0.2) is 48.5 Å². The lowest BCUT2D eigenvalue weighted by Crippen LogP contribution is -2.64. The second-order valence-electron chi connectivity index (χ2n) is 6.68. The number of aryl methyl sites for hydroxylation is 1. The Balaban J connectivity index is 1.40. The van der Waals surface area contributed by atoms with E-state index in [4.69, 9.17) is 0 Å². The monoisotopic (exact) mass is 436 g/mol. The fourth-order valence-corrected chi connectivity index (χ4v) is 3.51. The van der Waals surface area contributed by atoms with Crippen molar-refractivity contribution in [2.75, 3.05) is 11.1 Å². The van der Waals surface area contributed by atoms with Gasteiger partial charge in [0.25, 0.3) is 0 Å². The normalized spacial score (nSPS) is 18.7. The van der Waals surface area contributed by atoms with Crippen LogP contribution < -0.4 is 26.2 Å². The molecule has 4 N–H and O–H groups in total. The number of carbonyl (C=O) groups is 2. The molecule has 0 radical (unpaired) electrons. The molecule has 160 valence electrons. The average Bonchev–Trinajstić information content (AvgIpc) is 2.71. The molecule has 30 heavy (non-hydrogen) atoms. The molecule has 2 amide bonds. The van der Waals surface area contributed by atoms with Crippen molar-refractivity contribution < 1.29 is 23.1 Å². The van der Waals surface area contributed by atoms with Crippen molar-refractivity contribution >= 4 is 29.3 Å². The number of hydrogen-bond acceptors (Lipinski definition) is 6. The summed E-state index contributed by atoms with van der Waals surface area (Å²) in [5.74, 6) is -0.350. The van der Waals surface area contributed by atoms with E-state index >= 15 is 0 Å². The highest BCUT2D eigenvalue weighted by Crippen LogP contribution is 2.18. The molecule has 1 aliphatic heterocycles. The molecule has 2 unspecified atom stereocenters. The van der Waals surface area contributed by atoms with Gasteiger partial charge in [0, 0.05) is 5.69 Å². The minimum Gasteiger partial charge on any atom is -0.435 e. The first-order chi connectivity index (χ1) is 14.4. The molecule has 2 aromatic rings. The number of rotatable bonds is 8. The van der Waals surface area contributed by atoms with E-state index in [1.54, 1.807) is 0 Å². The largest absolute Gasteiger partial charge is 0.435 e. The fourth-order valence-electron chi connectivity index (χ4n) is 2.77. The second kappa shape index (κ2) is 10.4. The van der Waals surface area contributed by atoms with Gasteiger partial charge in [0.1, 0.15) is 17.3 Å². The summed E-state index contributed by atoms with van der Waals surface area (Å²) in [6, 6.07) is 13.2.